The summed E-state index contributed by atoms with van der Waals surface area (Å²) in [5.74, 6) is 1.85. The molecule has 2 atom stereocenters. The van der Waals surface area contributed by atoms with Crippen molar-refractivity contribution in [3.8, 4) is 0 Å². The Balaban J connectivity index is 1.47. The Hall–Kier alpha value is -1.86. The van der Waals surface area contributed by atoms with Crippen LogP contribution in [0.2, 0.25) is 0 Å². The maximum absolute atomic E-state index is 12.8. The molecule has 26 heavy (non-hydrogen) atoms. The molecule has 2 saturated heterocycles. The molecule has 0 N–H and O–H groups in total. The van der Waals surface area contributed by atoms with Gasteiger partial charge in [-0.1, -0.05) is 42.1 Å². The van der Waals surface area contributed by atoms with Gasteiger partial charge in [-0.15, -0.1) is 10.2 Å². The lowest BCUT2D eigenvalue weighted by atomic mass is 10.1. The van der Waals surface area contributed by atoms with Gasteiger partial charge in [0.1, 0.15) is 6.10 Å². The second-order valence-corrected chi connectivity index (χ2v) is 7.81. The molecular weight excluding hydrogens is 348 g/mol. The number of carbonyl (C=O) groups excluding carboxylic acids is 1. The molecule has 1 aromatic heterocycles. The summed E-state index contributed by atoms with van der Waals surface area (Å²) >= 11 is 1.68. The van der Waals surface area contributed by atoms with Crippen LogP contribution in [-0.2, 0) is 22.3 Å². The molecule has 7 heteroatoms. The van der Waals surface area contributed by atoms with E-state index in [0.29, 0.717) is 6.61 Å². The highest BCUT2D eigenvalue weighted by Crippen LogP contribution is 2.34. The van der Waals surface area contributed by atoms with Crippen molar-refractivity contribution in [2.45, 2.75) is 48.7 Å². The van der Waals surface area contributed by atoms with Gasteiger partial charge in [-0.2, -0.15) is 0 Å². The average Bonchev–Trinajstić information content (AvgIpc) is 3.41. The van der Waals surface area contributed by atoms with Gasteiger partial charge in [-0.05, 0) is 31.2 Å². The highest BCUT2D eigenvalue weighted by molar-refractivity contribution is 7.98. The average molecular weight is 372 g/mol. The van der Waals surface area contributed by atoms with Crippen LogP contribution in [0.15, 0.2) is 35.5 Å². The number of benzene rings is 1. The number of ether oxygens (including phenoxy) is 1. The van der Waals surface area contributed by atoms with Crippen LogP contribution in [-0.4, -0.2) is 44.8 Å². The lowest BCUT2D eigenvalue weighted by Gasteiger charge is -2.26. The molecule has 2 aliphatic rings. The third-order valence-corrected chi connectivity index (χ3v) is 6.21. The largest absolute Gasteiger partial charge is 0.368 e. The number of hydrogen-bond donors (Lipinski definition) is 0. The van der Waals surface area contributed by atoms with Crippen molar-refractivity contribution in [3.63, 3.8) is 0 Å². The number of nitrogens with zero attached hydrogens (tertiary/aromatic N) is 4. The predicted octanol–water partition coefficient (Wildman–Crippen LogP) is 2.95. The highest BCUT2D eigenvalue weighted by Gasteiger charge is 2.38. The Morgan fingerprint density at radius 3 is 2.85 bits per heavy atom. The van der Waals surface area contributed by atoms with Crippen LogP contribution < -0.4 is 0 Å². The SMILES string of the molecule is Cn1c(SCc2ccccc2)nnc1[C@H]1CCCN1C(=O)[C@H]1CCCO1. The predicted molar refractivity (Wildman–Crippen MR) is 99.7 cm³/mol. The summed E-state index contributed by atoms with van der Waals surface area (Å²) in [5.41, 5.74) is 1.26. The van der Waals surface area contributed by atoms with Crippen molar-refractivity contribution >= 4 is 17.7 Å². The fraction of sp³-hybridized carbons (Fsp3) is 0.526. The van der Waals surface area contributed by atoms with E-state index in [-0.39, 0.29) is 18.1 Å². The maximum atomic E-state index is 12.8. The summed E-state index contributed by atoms with van der Waals surface area (Å²) in [6.07, 6.45) is 3.48. The summed E-state index contributed by atoms with van der Waals surface area (Å²) in [6, 6.07) is 10.4. The van der Waals surface area contributed by atoms with Gasteiger partial charge in [0, 0.05) is 26.0 Å². The Kier molecular flexibility index (Phi) is 5.26. The second-order valence-electron chi connectivity index (χ2n) is 6.87. The molecular formula is C19H24N4O2S. The zero-order chi connectivity index (χ0) is 17.9. The summed E-state index contributed by atoms with van der Waals surface area (Å²) in [7, 11) is 2.00. The van der Waals surface area contributed by atoms with E-state index >= 15 is 0 Å². The first-order valence-corrected chi connectivity index (χ1v) is 10.2. The number of aromatic nitrogens is 3. The zero-order valence-corrected chi connectivity index (χ0v) is 15.8. The van der Waals surface area contributed by atoms with Gasteiger partial charge < -0.3 is 14.2 Å². The number of amides is 1. The van der Waals surface area contributed by atoms with Crippen molar-refractivity contribution in [1.29, 1.82) is 0 Å². The first kappa shape index (κ1) is 17.5. The summed E-state index contributed by atoms with van der Waals surface area (Å²) in [4.78, 5) is 14.7. The van der Waals surface area contributed by atoms with E-state index in [0.717, 1.165) is 49.0 Å². The van der Waals surface area contributed by atoms with Gasteiger partial charge in [0.2, 0.25) is 0 Å². The first-order chi connectivity index (χ1) is 12.7. The maximum Gasteiger partial charge on any atom is 0.252 e. The van der Waals surface area contributed by atoms with Crippen LogP contribution in [0.25, 0.3) is 0 Å². The molecule has 0 spiro atoms. The van der Waals surface area contributed by atoms with Gasteiger partial charge in [0.05, 0.1) is 6.04 Å². The number of rotatable bonds is 5. The van der Waals surface area contributed by atoms with E-state index in [1.54, 1.807) is 11.8 Å². The molecule has 0 aliphatic carbocycles. The first-order valence-electron chi connectivity index (χ1n) is 9.22. The fourth-order valence-corrected chi connectivity index (χ4v) is 4.59. The minimum absolute atomic E-state index is 0.00951. The van der Waals surface area contributed by atoms with E-state index in [4.69, 9.17) is 4.74 Å². The second kappa shape index (κ2) is 7.80. The molecule has 3 heterocycles. The quantitative estimate of drug-likeness (QED) is 0.755. The van der Waals surface area contributed by atoms with Crippen molar-refractivity contribution in [2.24, 2.45) is 7.05 Å². The van der Waals surface area contributed by atoms with Crippen LogP contribution in [0.3, 0.4) is 0 Å². The molecule has 2 aromatic rings. The van der Waals surface area contributed by atoms with Crippen LogP contribution in [0.4, 0.5) is 0 Å². The van der Waals surface area contributed by atoms with Crippen LogP contribution >= 0.6 is 11.8 Å². The van der Waals surface area contributed by atoms with Gasteiger partial charge >= 0.3 is 0 Å². The number of likely N-dealkylation sites (tertiary alicyclic amines) is 1. The van der Waals surface area contributed by atoms with Crippen molar-refractivity contribution in [1.82, 2.24) is 19.7 Å². The third-order valence-electron chi connectivity index (χ3n) is 5.12. The standard InChI is InChI=1S/C19H24N4O2S/c1-22-17(20-21-19(22)26-13-14-7-3-2-4-8-14)15-9-5-11-23(15)18(24)16-10-6-12-25-16/h2-4,7-8,15-16H,5-6,9-13H2,1H3/t15-,16-/m1/s1. The van der Waals surface area contributed by atoms with E-state index in [9.17, 15) is 4.79 Å². The molecule has 0 bridgehead atoms. The lowest BCUT2D eigenvalue weighted by Crippen LogP contribution is -2.39. The Labute approximate surface area is 157 Å². The normalized spacial score (nSPS) is 22.9. The van der Waals surface area contributed by atoms with E-state index in [1.807, 2.05) is 34.7 Å². The molecule has 2 aliphatic heterocycles. The van der Waals surface area contributed by atoms with E-state index in [2.05, 4.69) is 22.3 Å². The number of thioether (sulfide) groups is 1. The summed E-state index contributed by atoms with van der Waals surface area (Å²) in [5, 5.41) is 9.69. The van der Waals surface area contributed by atoms with Gasteiger partial charge in [0.25, 0.3) is 5.91 Å². The van der Waals surface area contributed by atoms with Crippen molar-refractivity contribution in [3.05, 3.63) is 41.7 Å². The topological polar surface area (TPSA) is 60.2 Å². The molecule has 1 amide bonds. The molecule has 0 radical (unpaired) electrons. The van der Waals surface area contributed by atoms with Gasteiger partial charge in [0.15, 0.2) is 11.0 Å². The molecule has 6 nitrogen and oxygen atoms in total. The summed E-state index contributed by atoms with van der Waals surface area (Å²) in [6.45, 7) is 1.47. The smallest absolute Gasteiger partial charge is 0.252 e. The Morgan fingerprint density at radius 1 is 1.23 bits per heavy atom. The molecule has 0 saturated carbocycles. The highest BCUT2D eigenvalue weighted by atomic mass is 32.2. The van der Waals surface area contributed by atoms with Crippen LogP contribution in [0.5, 0.6) is 0 Å². The molecule has 0 unspecified atom stereocenters. The van der Waals surface area contributed by atoms with Crippen LogP contribution in [0, 0.1) is 0 Å². The monoisotopic (exact) mass is 372 g/mol. The Bertz CT molecular complexity index is 758. The number of carbonyl (C=O) groups is 1. The Morgan fingerprint density at radius 2 is 2.08 bits per heavy atom. The fourth-order valence-electron chi connectivity index (χ4n) is 3.72. The molecule has 1 aromatic carbocycles. The van der Waals surface area contributed by atoms with Gasteiger partial charge in [-0.3, -0.25) is 4.79 Å². The van der Waals surface area contributed by atoms with Crippen molar-refractivity contribution in [2.75, 3.05) is 13.2 Å². The minimum atomic E-state index is -0.268. The van der Waals surface area contributed by atoms with Gasteiger partial charge in [-0.25, -0.2) is 0 Å². The van der Waals surface area contributed by atoms with Crippen LogP contribution in [0.1, 0.15) is 43.1 Å². The molecule has 138 valence electrons. The van der Waals surface area contributed by atoms with E-state index in [1.165, 1.54) is 5.56 Å². The minimum Gasteiger partial charge on any atom is -0.368 e. The molecule has 2 fully saturated rings. The third kappa shape index (κ3) is 3.50. The lowest BCUT2D eigenvalue weighted by molar-refractivity contribution is -0.142. The number of hydrogen-bond acceptors (Lipinski definition) is 5. The van der Waals surface area contributed by atoms with Crippen molar-refractivity contribution < 1.29 is 9.53 Å². The molecule has 4 rings (SSSR count). The summed E-state index contributed by atoms with van der Waals surface area (Å²) < 4.78 is 7.64. The zero-order valence-electron chi connectivity index (χ0n) is 15.0. The van der Waals surface area contributed by atoms with E-state index < -0.39 is 0 Å².